The van der Waals surface area contributed by atoms with Gasteiger partial charge in [-0.1, -0.05) is 0 Å². The molecule has 0 aliphatic carbocycles. The van der Waals surface area contributed by atoms with Crippen LogP contribution in [0.2, 0.25) is 0 Å². The Kier molecular flexibility index (Phi) is 4.51. The van der Waals surface area contributed by atoms with Gasteiger partial charge in [0.25, 0.3) is 0 Å². The Balaban J connectivity index is 2.06. The summed E-state index contributed by atoms with van der Waals surface area (Å²) in [6, 6.07) is 3.83. The number of aromatic nitrogens is 3. The van der Waals surface area contributed by atoms with E-state index in [9.17, 15) is 0 Å². The largest absolute Gasteiger partial charge is 0.382 e. The molecule has 18 heavy (non-hydrogen) atoms. The van der Waals surface area contributed by atoms with Crippen LogP contribution in [-0.4, -0.2) is 48.1 Å². The summed E-state index contributed by atoms with van der Waals surface area (Å²) < 4.78 is 12.9. The van der Waals surface area contributed by atoms with E-state index in [4.69, 9.17) is 9.47 Å². The normalized spacial score (nSPS) is 12.8. The summed E-state index contributed by atoms with van der Waals surface area (Å²) >= 11 is 3.43. The maximum atomic E-state index is 5.25. The average Bonchev–Trinajstić information content (AvgIpc) is 2.79. The maximum absolute atomic E-state index is 5.25. The van der Waals surface area contributed by atoms with Gasteiger partial charge in [0.2, 0.25) is 5.95 Å². The zero-order chi connectivity index (χ0) is 13.0. The van der Waals surface area contributed by atoms with Crippen molar-refractivity contribution >= 4 is 27.5 Å². The first kappa shape index (κ1) is 13.3. The van der Waals surface area contributed by atoms with Gasteiger partial charge in [-0.05, 0) is 28.1 Å². The van der Waals surface area contributed by atoms with Crippen molar-refractivity contribution in [1.82, 2.24) is 14.6 Å². The number of pyridine rings is 1. The van der Waals surface area contributed by atoms with Gasteiger partial charge < -0.3 is 14.8 Å². The van der Waals surface area contributed by atoms with Crippen molar-refractivity contribution in [2.75, 3.05) is 32.7 Å². The van der Waals surface area contributed by atoms with Crippen LogP contribution in [0.3, 0.4) is 0 Å². The van der Waals surface area contributed by atoms with Gasteiger partial charge in [0.15, 0.2) is 5.65 Å². The summed E-state index contributed by atoms with van der Waals surface area (Å²) in [5, 5.41) is 7.44. The molecule has 98 valence electrons. The number of hydrogen-bond acceptors (Lipinski definition) is 5. The summed E-state index contributed by atoms with van der Waals surface area (Å²) in [6.45, 7) is 1.12. The van der Waals surface area contributed by atoms with Gasteiger partial charge in [0, 0.05) is 27.0 Å². The molecule has 7 heteroatoms. The molecule has 0 aliphatic heterocycles. The molecule has 0 aliphatic rings. The summed E-state index contributed by atoms with van der Waals surface area (Å²) in [5.74, 6) is 0.569. The Morgan fingerprint density at radius 3 is 3.00 bits per heavy atom. The van der Waals surface area contributed by atoms with Crippen LogP contribution in [0, 0.1) is 0 Å². The van der Waals surface area contributed by atoms with Gasteiger partial charge in [0.05, 0.1) is 17.2 Å². The van der Waals surface area contributed by atoms with Gasteiger partial charge in [-0.2, -0.15) is 4.98 Å². The van der Waals surface area contributed by atoms with Gasteiger partial charge >= 0.3 is 0 Å². The third kappa shape index (κ3) is 2.98. The molecular weight excluding hydrogens is 300 g/mol. The number of hydrogen-bond donors (Lipinski definition) is 1. The summed E-state index contributed by atoms with van der Waals surface area (Å²) in [7, 11) is 3.30. The maximum Gasteiger partial charge on any atom is 0.243 e. The topological polar surface area (TPSA) is 60.7 Å². The lowest BCUT2D eigenvalue weighted by Crippen LogP contribution is -2.26. The Hall–Kier alpha value is -1.18. The van der Waals surface area contributed by atoms with Crippen LogP contribution in [0.4, 0.5) is 5.95 Å². The monoisotopic (exact) mass is 314 g/mol. The quantitative estimate of drug-likeness (QED) is 0.877. The fourth-order valence-electron chi connectivity index (χ4n) is 1.55. The number of halogens is 1. The second-order valence-electron chi connectivity index (χ2n) is 3.75. The smallest absolute Gasteiger partial charge is 0.243 e. The highest BCUT2D eigenvalue weighted by Crippen LogP contribution is 2.16. The minimum absolute atomic E-state index is 0.0231. The number of methoxy groups -OCH3 is 2. The molecular formula is C11H15BrN4O2. The summed E-state index contributed by atoms with van der Waals surface area (Å²) in [4.78, 5) is 4.38. The zero-order valence-electron chi connectivity index (χ0n) is 10.3. The minimum atomic E-state index is -0.0231. The number of fused-ring (bicyclic) bond motifs is 1. The molecule has 0 spiro atoms. The first-order valence-electron chi connectivity index (χ1n) is 5.51. The van der Waals surface area contributed by atoms with Crippen molar-refractivity contribution < 1.29 is 9.47 Å². The van der Waals surface area contributed by atoms with Crippen molar-refractivity contribution in [3.8, 4) is 0 Å². The molecule has 2 heterocycles. The van der Waals surface area contributed by atoms with E-state index in [0.717, 1.165) is 10.1 Å². The molecule has 0 aromatic carbocycles. The van der Waals surface area contributed by atoms with Crippen molar-refractivity contribution in [2.24, 2.45) is 0 Å². The zero-order valence-corrected chi connectivity index (χ0v) is 11.8. The molecule has 0 fully saturated rings. The fourth-order valence-corrected chi connectivity index (χ4v) is 1.97. The van der Waals surface area contributed by atoms with E-state index in [1.807, 2.05) is 18.3 Å². The van der Waals surface area contributed by atoms with Gasteiger partial charge in [-0.25, -0.2) is 4.52 Å². The van der Waals surface area contributed by atoms with Gasteiger partial charge in [-0.15, -0.1) is 5.10 Å². The molecule has 2 aromatic heterocycles. The van der Waals surface area contributed by atoms with E-state index >= 15 is 0 Å². The number of rotatable bonds is 6. The second-order valence-corrected chi connectivity index (χ2v) is 4.61. The molecule has 2 aromatic rings. The fraction of sp³-hybridized carbons (Fsp3) is 0.455. The second kappa shape index (κ2) is 6.12. The third-order valence-electron chi connectivity index (χ3n) is 2.49. The molecule has 0 bridgehead atoms. The minimum Gasteiger partial charge on any atom is -0.382 e. The lowest BCUT2D eigenvalue weighted by atomic mass is 10.4. The van der Waals surface area contributed by atoms with E-state index in [0.29, 0.717) is 19.1 Å². The predicted molar refractivity (Wildman–Crippen MR) is 71.8 cm³/mol. The molecule has 0 radical (unpaired) electrons. The molecule has 1 unspecified atom stereocenters. The van der Waals surface area contributed by atoms with E-state index in [-0.39, 0.29) is 6.10 Å². The van der Waals surface area contributed by atoms with Gasteiger partial charge in [0.1, 0.15) is 0 Å². The molecule has 6 nitrogen and oxygen atoms in total. The van der Waals surface area contributed by atoms with E-state index < -0.39 is 0 Å². The highest BCUT2D eigenvalue weighted by atomic mass is 79.9. The molecule has 1 atom stereocenters. The first-order chi connectivity index (χ1) is 8.74. The molecule has 0 saturated heterocycles. The first-order valence-corrected chi connectivity index (χ1v) is 6.30. The number of anilines is 1. The van der Waals surface area contributed by atoms with Crippen LogP contribution in [0.5, 0.6) is 0 Å². The average molecular weight is 315 g/mol. The molecule has 0 saturated carbocycles. The lowest BCUT2D eigenvalue weighted by Gasteiger charge is -2.13. The van der Waals surface area contributed by atoms with Crippen LogP contribution in [0.15, 0.2) is 22.8 Å². The Labute approximate surface area is 113 Å². The van der Waals surface area contributed by atoms with Crippen molar-refractivity contribution in [3.63, 3.8) is 0 Å². The van der Waals surface area contributed by atoms with Crippen LogP contribution in [-0.2, 0) is 9.47 Å². The SMILES string of the molecule is COCC(CNc1nc2c(Br)cccn2n1)OC. The third-order valence-corrected chi connectivity index (χ3v) is 3.11. The van der Waals surface area contributed by atoms with Crippen molar-refractivity contribution in [3.05, 3.63) is 22.8 Å². The molecule has 0 amide bonds. The number of nitrogens with zero attached hydrogens (tertiary/aromatic N) is 3. The molecule has 1 N–H and O–H groups in total. The Morgan fingerprint density at radius 2 is 2.33 bits per heavy atom. The van der Waals surface area contributed by atoms with Crippen LogP contribution >= 0.6 is 15.9 Å². The Bertz CT molecular complexity index is 517. The standard InChI is InChI=1S/C11H15BrN4O2/c1-17-7-8(18-2)6-13-11-14-10-9(12)4-3-5-16(10)15-11/h3-5,8H,6-7H2,1-2H3,(H,13,15). The molecule has 2 rings (SSSR count). The number of nitrogens with one attached hydrogen (secondary N) is 1. The summed E-state index contributed by atoms with van der Waals surface area (Å²) in [5.41, 5.74) is 0.778. The predicted octanol–water partition coefficient (Wildman–Crippen LogP) is 1.57. The highest BCUT2D eigenvalue weighted by molar-refractivity contribution is 9.10. The number of ether oxygens (including phenoxy) is 2. The van der Waals surface area contributed by atoms with Gasteiger partial charge in [-0.3, -0.25) is 0 Å². The van der Waals surface area contributed by atoms with Crippen molar-refractivity contribution in [2.45, 2.75) is 6.10 Å². The van der Waals surface area contributed by atoms with Crippen LogP contribution < -0.4 is 5.32 Å². The van der Waals surface area contributed by atoms with E-state index in [1.54, 1.807) is 18.7 Å². The lowest BCUT2D eigenvalue weighted by molar-refractivity contribution is 0.0365. The van der Waals surface area contributed by atoms with Crippen LogP contribution in [0.1, 0.15) is 0 Å². The summed E-state index contributed by atoms with van der Waals surface area (Å²) in [6.07, 6.45) is 1.83. The van der Waals surface area contributed by atoms with E-state index in [2.05, 4.69) is 31.3 Å². The highest BCUT2D eigenvalue weighted by Gasteiger charge is 2.10. The Morgan fingerprint density at radius 1 is 1.50 bits per heavy atom. The van der Waals surface area contributed by atoms with Crippen molar-refractivity contribution in [1.29, 1.82) is 0 Å². The van der Waals surface area contributed by atoms with E-state index in [1.165, 1.54) is 0 Å². The van der Waals surface area contributed by atoms with Crippen LogP contribution in [0.25, 0.3) is 5.65 Å².